The van der Waals surface area contributed by atoms with Crippen molar-refractivity contribution in [3.8, 4) is 0 Å². The Morgan fingerprint density at radius 2 is 2.17 bits per heavy atom. The van der Waals surface area contributed by atoms with Crippen LogP contribution in [0, 0.1) is 0 Å². The number of β-amino-alcohol motifs (C(OH)–C–C–N with tert-alkyl or cyclic N) is 1. The van der Waals surface area contributed by atoms with Crippen LogP contribution in [0.15, 0.2) is 24.3 Å². The first kappa shape index (κ1) is 13.3. The number of nitrogens with zero attached hydrogens (tertiary/aromatic N) is 1. The Balaban J connectivity index is 1.93. The van der Waals surface area contributed by atoms with Gasteiger partial charge in [0.15, 0.2) is 5.11 Å². The molecule has 3 nitrogen and oxygen atoms in total. The zero-order valence-corrected chi connectivity index (χ0v) is 11.5. The van der Waals surface area contributed by atoms with E-state index in [1.165, 1.54) is 5.56 Å². The lowest BCUT2D eigenvalue weighted by molar-refractivity contribution is 0.104. The fourth-order valence-electron chi connectivity index (χ4n) is 2.17. The quantitative estimate of drug-likeness (QED) is 0.804. The topological polar surface area (TPSA) is 35.5 Å². The highest BCUT2D eigenvalue weighted by atomic mass is 32.1. The molecule has 4 heteroatoms. The van der Waals surface area contributed by atoms with Gasteiger partial charge in [0, 0.05) is 18.8 Å². The fraction of sp³-hybridized carbons (Fsp3) is 0.500. The molecule has 1 unspecified atom stereocenters. The van der Waals surface area contributed by atoms with Crippen LogP contribution in [0.2, 0.25) is 0 Å². The van der Waals surface area contributed by atoms with Gasteiger partial charge in [-0.05, 0) is 49.2 Å². The standard InChI is InChI=1S/C14H20N2OS/c1-2-11-5-7-12(8-6-11)15-14(18)16-9-3-4-13(17)10-16/h5-8,13,17H,2-4,9-10H2,1H3,(H,15,18). The highest BCUT2D eigenvalue weighted by molar-refractivity contribution is 7.80. The monoisotopic (exact) mass is 264 g/mol. The summed E-state index contributed by atoms with van der Waals surface area (Å²) >= 11 is 5.37. The van der Waals surface area contributed by atoms with E-state index in [4.69, 9.17) is 12.2 Å². The molecule has 2 rings (SSSR count). The third-order valence-corrected chi connectivity index (χ3v) is 3.66. The molecule has 0 radical (unpaired) electrons. The largest absolute Gasteiger partial charge is 0.391 e. The smallest absolute Gasteiger partial charge is 0.173 e. The summed E-state index contributed by atoms with van der Waals surface area (Å²) in [5, 5.41) is 13.6. The zero-order chi connectivity index (χ0) is 13.0. The molecule has 0 aliphatic carbocycles. The van der Waals surface area contributed by atoms with E-state index in [1.807, 2.05) is 17.0 Å². The third-order valence-electron chi connectivity index (χ3n) is 3.30. The number of hydrogen-bond acceptors (Lipinski definition) is 2. The van der Waals surface area contributed by atoms with Crippen LogP contribution in [0.3, 0.4) is 0 Å². The molecular formula is C14H20N2OS. The Kier molecular flexibility index (Phi) is 4.55. The summed E-state index contributed by atoms with van der Waals surface area (Å²) in [4.78, 5) is 2.04. The number of likely N-dealkylation sites (tertiary alicyclic amines) is 1. The number of rotatable bonds is 2. The van der Waals surface area contributed by atoms with Gasteiger partial charge in [-0.1, -0.05) is 19.1 Å². The zero-order valence-electron chi connectivity index (χ0n) is 10.7. The second-order valence-electron chi connectivity index (χ2n) is 4.72. The molecule has 1 heterocycles. The van der Waals surface area contributed by atoms with Crippen LogP contribution in [0.1, 0.15) is 25.3 Å². The summed E-state index contributed by atoms with van der Waals surface area (Å²) < 4.78 is 0. The molecule has 1 aromatic rings. The molecule has 0 saturated carbocycles. The van der Waals surface area contributed by atoms with Crippen molar-refractivity contribution in [1.82, 2.24) is 4.90 Å². The summed E-state index contributed by atoms with van der Waals surface area (Å²) in [5.41, 5.74) is 2.33. The minimum atomic E-state index is -0.249. The normalized spacial score (nSPS) is 19.7. The molecule has 0 amide bonds. The van der Waals surface area contributed by atoms with Crippen LogP contribution < -0.4 is 5.32 Å². The van der Waals surface area contributed by atoms with Crippen molar-refractivity contribution in [1.29, 1.82) is 0 Å². The first-order valence-corrected chi connectivity index (χ1v) is 6.93. The van der Waals surface area contributed by atoms with Gasteiger partial charge in [-0.25, -0.2) is 0 Å². The Hall–Kier alpha value is -1.13. The first-order valence-electron chi connectivity index (χ1n) is 6.52. The van der Waals surface area contributed by atoms with Gasteiger partial charge in [0.2, 0.25) is 0 Å². The van der Waals surface area contributed by atoms with E-state index in [0.717, 1.165) is 31.5 Å². The molecular weight excluding hydrogens is 244 g/mol. The molecule has 98 valence electrons. The number of anilines is 1. The Labute approximate surface area is 114 Å². The van der Waals surface area contributed by atoms with Crippen molar-refractivity contribution in [2.75, 3.05) is 18.4 Å². The van der Waals surface area contributed by atoms with E-state index >= 15 is 0 Å². The van der Waals surface area contributed by atoms with E-state index in [0.29, 0.717) is 11.7 Å². The highest BCUT2D eigenvalue weighted by Crippen LogP contribution is 2.14. The summed E-state index contributed by atoms with van der Waals surface area (Å²) in [5.74, 6) is 0. The van der Waals surface area contributed by atoms with Crippen molar-refractivity contribution in [2.45, 2.75) is 32.3 Å². The van der Waals surface area contributed by atoms with E-state index in [9.17, 15) is 5.11 Å². The van der Waals surface area contributed by atoms with Gasteiger partial charge in [-0.15, -0.1) is 0 Å². The number of aliphatic hydroxyl groups excluding tert-OH is 1. The molecule has 1 saturated heterocycles. The average Bonchev–Trinajstić information content (AvgIpc) is 2.39. The minimum absolute atomic E-state index is 0.249. The maximum absolute atomic E-state index is 9.63. The van der Waals surface area contributed by atoms with Gasteiger partial charge in [0.1, 0.15) is 0 Å². The molecule has 1 aliphatic heterocycles. The van der Waals surface area contributed by atoms with Crippen molar-refractivity contribution < 1.29 is 5.11 Å². The van der Waals surface area contributed by atoms with Crippen LogP contribution in [0.4, 0.5) is 5.69 Å². The number of nitrogens with one attached hydrogen (secondary N) is 1. The SMILES string of the molecule is CCc1ccc(NC(=S)N2CCCC(O)C2)cc1. The lowest BCUT2D eigenvalue weighted by Crippen LogP contribution is -2.44. The van der Waals surface area contributed by atoms with Gasteiger partial charge in [-0.3, -0.25) is 0 Å². The number of piperidine rings is 1. The lowest BCUT2D eigenvalue weighted by Gasteiger charge is -2.32. The van der Waals surface area contributed by atoms with Gasteiger partial charge >= 0.3 is 0 Å². The Morgan fingerprint density at radius 3 is 2.78 bits per heavy atom. The molecule has 1 atom stereocenters. The van der Waals surface area contributed by atoms with E-state index < -0.39 is 0 Å². The van der Waals surface area contributed by atoms with Crippen molar-refractivity contribution >= 4 is 23.0 Å². The van der Waals surface area contributed by atoms with E-state index in [-0.39, 0.29) is 6.10 Å². The molecule has 18 heavy (non-hydrogen) atoms. The first-order chi connectivity index (χ1) is 8.69. The second-order valence-corrected chi connectivity index (χ2v) is 5.11. The maximum Gasteiger partial charge on any atom is 0.173 e. The predicted octanol–water partition coefficient (Wildman–Crippen LogP) is 2.40. The highest BCUT2D eigenvalue weighted by Gasteiger charge is 2.19. The van der Waals surface area contributed by atoms with Crippen LogP contribution in [0.25, 0.3) is 0 Å². The van der Waals surface area contributed by atoms with Gasteiger partial charge < -0.3 is 15.3 Å². The summed E-state index contributed by atoms with van der Waals surface area (Å²) in [7, 11) is 0. The molecule has 0 bridgehead atoms. The Morgan fingerprint density at radius 1 is 1.44 bits per heavy atom. The van der Waals surface area contributed by atoms with Crippen molar-refractivity contribution in [3.05, 3.63) is 29.8 Å². The van der Waals surface area contributed by atoms with Gasteiger partial charge in [-0.2, -0.15) is 0 Å². The maximum atomic E-state index is 9.63. The fourth-order valence-corrected chi connectivity index (χ4v) is 2.45. The van der Waals surface area contributed by atoms with E-state index in [2.05, 4.69) is 24.4 Å². The Bertz CT molecular complexity index is 405. The van der Waals surface area contributed by atoms with Crippen LogP contribution >= 0.6 is 12.2 Å². The molecule has 0 spiro atoms. The summed E-state index contributed by atoms with van der Waals surface area (Å²) in [6.07, 6.45) is 2.67. The average molecular weight is 264 g/mol. The number of benzene rings is 1. The summed E-state index contributed by atoms with van der Waals surface area (Å²) in [6, 6.07) is 8.31. The minimum Gasteiger partial charge on any atom is -0.391 e. The molecule has 1 fully saturated rings. The summed E-state index contributed by atoms with van der Waals surface area (Å²) in [6.45, 7) is 3.71. The van der Waals surface area contributed by atoms with Crippen molar-refractivity contribution in [3.63, 3.8) is 0 Å². The molecule has 1 aromatic carbocycles. The third kappa shape index (κ3) is 3.43. The number of hydrogen-bond donors (Lipinski definition) is 2. The van der Waals surface area contributed by atoms with Crippen molar-refractivity contribution in [2.24, 2.45) is 0 Å². The number of thiocarbonyl (C=S) groups is 1. The van der Waals surface area contributed by atoms with Crippen LogP contribution in [-0.2, 0) is 6.42 Å². The van der Waals surface area contributed by atoms with E-state index in [1.54, 1.807) is 0 Å². The second kappa shape index (κ2) is 6.16. The lowest BCUT2D eigenvalue weighted by atomic mass is 10.1. The molecule has 1 aliphatic rings. The van der Waals surface area contributed by atoms with Crippen LogP contribution in [0.5, 0.6) is 0 Å². The number of aliphatic hydroxyl groups is 1. The molecule has 2 N–H and O–H groups in total. The molecule has 0 aromatic heterocycles. The van der Waals surface area contributed by atoms with Gasteiger partial charge in [0.05, 0.1) is 6.10 Å². The number of aryl methyl sites for hydroxylation is 1. The predicted molar refractivity (Wildman–Crippen MR) is 78.9 cm³/mol. The van der Waals surface area contributed by atoms with Crippen LogP contribution in [-0.4, -0.2) is 34.3 Å². The van der Waals surface area contributed by atoms with Gasteiger partial charge in [0.25, 0.3) is 0 Å².